The van der Waals surface area contributed by atoms with Crippen LogP contribution < -0.4 is 36.2 Å². The number of benzene rings is 4. The fraction of sp³-hybridized carbons (Fsp3) is 0.346. The molecule has 19 nitrogen and oxygen atoms in total. The molecular weight excluding hydrogens is 909 g/mol. The van der Waals surface area contributed by atoms with E-state index in [9.17, 15) is 38.4 Å². The highest BCUT2D eigenvalue weighted by Gasteiger charge is 2.33. The van der Waals surface area contributed by atoms with Gasteiger partial charge in [-0.05, 0) is 105 Å². The van der Waals surface area contributed by atoms with Gasteiger partial charge in [0.15, 0.2) is 0 Å². The average Bonchev–Trinajstić information content (AvgIpc) is 4.18. The van der Waals surface area contributed by atoms with E-state index in [2.05, 4.69) is 25.8 Å². The van der Waals surface area contributed by atoms with Crippen LogP contribution in [-0.4, -0.2) is 133 Å². The molecule has 0 aliphatic carbocycles. The summed E-state index contributed by atoms with van der Waals surface area (Å²) in [6.45, 7) is 4.00. The number of nitrogens with zero attached hydrogens (tertiary/aromatic N) is 5. The van der Waals surface area contributed by atoms with Crippen LogP contribution >= 0.6 is 0 Å². The Morgan fingerprint density at radius 2 is 1.42 bits per heavy atom. The Hall–Kier alpha value is -8.06. The summed E-state index contributed by atoms with van der Waals surface area (Å²) in [6.07, 6.45) is 5.55. The van der Waals surface area contributed by atoms with Crippen LogP contribution in [0.2, 0.25) is 0 Å². The Balaban J connectivity index is 0.836. The van der Waals surface area contributed by atoms with Gasteiger partial charge < -0.3 is 51.0 Å². The SMILES string of the molecule is CN1CCN(C(=O)Oc2cc3c(c4ccccc24)CCN3C(=O)c2cc3c4c(ccc3[nH]2)N(C(=O)c2ccc(NC(=O)[C@H](CCCNC(N)=O)NC(=O)CCCCCN3C(=O)C=CC3=O)cc2)CC4)CC1. The molecule has 19 heteroatoms. The molecule has 5 aromatic rings. The minimum atomic E-state index is -0.935. The molecule has 5 heterocycles. The summed E-state index contributed by atoms with van der Waals surface area (Å²) in [6, 6.07) is 20.1. The molecule has 0 spiro atoms. The number of likely N-dealkylation sites (N-methyl/N-ethyl adjacent to an activating group) is 1. The van der Waals surface area contributed by atoms with Crippen LogP contribution in [0.5, 0.6) is 5.75 Å². The molecule has 71 heavy (non-hydrogen) atoms. The van der Waals surface area contributed by atoms with Crippen LogP contribution in [0.25, 0.3) is 21.7 Å². The van der Waals surface area contributed by atoms with Crippen molar-refractivity contribution in [2.24, 2.45) is 5.73 Å². The van der Waals surface area contributed by atoms with Crippen LogP contribution in [0.1, 0.15) is 70.5 Å². The molecule has 1 aromatic heterocycles. The van der Waals surface area contributed by atoms with E-state index in [1.54, 1.807) is 39.0 Å². The molecule has 0 bridgehead atoms. The third kappa shape index (κ3) is 10.4. The van der Waals surface area contributed by atoms with Crippen molar-refractivity contribution in [1.82, 2.24) is 30.3 Å². The van der Waals surface area contributed by atoms with E-state index in [1.807, 2.05) is 55.6 Å². The Kier molecular flexibility index (Phi) is 14.1. The first-order valence-electron chi connectivity index (χ1n) is 24.1. The van der Waals surface area contributed by atoms with Gasteiger partial charge in [0, 0.05) is 110 Å². The van der Waals surface area contributed by atoms with Crippen molar-refractivity contribution in [3.63, 3.8) is 0 Å². The van der Waals surface area contributed by atoms with Gasteiger partial charge in [-0.2, -0.15) is 0 Å². The maximum absolute atomic E-state index is 14.4. The monoisotopic (exact) mass is 964 g/mol. The number of nitrogens with one attached hydrogen (secondary N) is 4. The van der Waals surface area contributed by atoms with Crippen molar-refractivity contribution in [3.05, 3.63) is 107 Å². The van der Waals surface area contributed by atoms with Crippen LogP contribution in [0.15, 0.2) is 84.9 Å². The molecule has 4 aliphatic heterocycles. The lowest BCUT2D eigenvalue weighted by atomic mass is 10.0. The van der Waals surface area contributed by atoms with E-state index < -0.39 is 24.1 Å². The van der Waals surface area contributed by atoms with Crippen LogP contribution in [-0.2, 0) is 32.0 Å². The van der Waals surface area contributed by atoms with E-state index in [0.717, 1.165) is 56.5 Å². The molecular formula is C52H56N10O9. The lowest BCUT2D eigenvalue weighted by Gasteiger charge is -2.31. The third-order valence-electron chi connectivity index (χ3n) is 13.6. The highest BCUT2D eigenvalue weighted by Crippen LogP contribution is 2.42. The molecule has 4 aliphatic rings. The maximum atomic E-state index is 14.4. The standard InChI is InChI=1S/C52H56N10O9/c1-58-26-28-59(29-27-58)52(70)71-44-31-43-35(34-8-4-5-9-37(34)44)20-25-61(43)50(68)41-30-38-36-21-24-60(42(36)17-16-39(38)56-41)49(67)32-12-14-33(15-13-32)55-48(66)40(10-7-22-54-51(53)69)57-45(63)11-3-2-6-23-62-46(64)18-19-47(62)65/h4-5,8-9,12-19,30-31,40,56H,2-3,6-7,10-11,20-29H2,1H3,(H,55,66)(H,57,63)(H3,53,54,69)/t40-/m0/s1. The zero-order chi connectivity index (χ0) is 49.8. The largest absolute Gasteiger partial charge is 0.415 e. The number of primary amides is 1. The van der Waals surface area contributed by atoms with Gasteiger partial charge in [0.1, 0.15) is 17.5 Å². The molecule has 1 fully saturated rings. The fourth-order valence-corrected chi connectivity index (χ4v) is 9.78. The zero-order valence-electron chi connectivity index (χ0n) is 39.5. The normalized spacial score (nSPS) is 15.8. The molecule has 6 N–H and O–H groups in total. The molecule has 0 unspecified atom stereocenters. The highest BCUT2D eigenvalue weighted by atomic mass is 16.6. The minimum absolute atomic E-state index is 0.125. The molecule has 9 amide bonds. The number of piperazine rings is 1. The lowest BCUT2D eigenvalue weighted by Crippen LogP contribution is -2.48. The molecule has 0 saturated carbocycles. The molecule has 9 rings (SSSR count). The number of ether oxygens (including phenoxy) is 1. The number of urea groups is 1. The maximum Gasteiger partial charge on any atom is 0.415 e. The number of amides is 9. The number of unbranched alkanes of at least 4 members (excludes halogenated alkanes) is 2. The number of rotatable bonds is 16. The van der Waals surface area contributed by atoms with Crippen molar-refractivity contribution >= 4 is 86.3 Å². The Bertz CT molecular complexity index is 2960. The van der Waals surface area contributed by atoms with E-state index in [4.69, 9.17) is 10.5 Å². The fourth-order valence-electron chi connectivity index (χ4n) is 9.78. The van der Waals surface area contributed by atoms with Gasteiger partial charge >= 0.3 is 12.1 Å². The predicted molar refractivity (Wildman–Crippen MR) is 266 cm³/mol. The highest BCUT2D eigenvalue weighted by molar-refractivity contribution is 6.14. The topological polar surface area (TPSA) is 240 Å². The van der Waals surface area contributed by atoms with Gasteiger partial charge in [-0.15, -0.1) is 0 Å². The zero-order valence-corrected chi connectivity index (χ0v) is 39.5. The number of nitrogens with two attached hydrogens (primary N) is 1. The Labute approximate surface area is 409 Å². The van der Waals surface area contributed by atoms with E-state index in [1.165, 1.54) is 12.2 Å². The first-order valence-corrected chi connectivity index (χ1v) is 24.1. The molecule has 4 aromatic carbocycles. The molecule has 0 radical (unpaired) electrons. The van der Waals surface area contributed by atoms with Crippen molar-refractivity contribution < 1.29 is 43.1 Å². The van der Waals surface area contributed by atoms with Crippen molar-refractivity contribution in [2.45, 2.75) is 57.4 Å². The Morgan fingerprint density at radius 3 is 2.14 bits per heavy atom. The Morgan fingerprint density at radius 1 is 0.732 bits per heavy atom. The number of aromatic amines is 1. The number of hydrogen-bond acceptors (Lipinski definition) is 10. The number of imide groups is 1. The minimum Gasteiger partial charge on any atom is -0.409 e. The van der Waals surface area contributed by atoms with E-state index in [0.29, 0.717) is 93.1 Å². The number of H-pyrrole nitrogens is 1. The van der Waals surface area contributed by atoms with Crippen molar-refractivity contribution in [3.8, 4) is 5.75 Å². The summed E-state index contributed by atoms with van der Waals surface area (Å²) in [7, 11) is 2.02. The van der Waals surface area contributed by atoms with Crippen molar-refractivity contribution in [2.75, 3.05) is 74.5 Å². The third-order valence-corrected chi connectivity index (χ3v) is 13.6. The summed E-state index contributed by atoms with van der Waals surface area (Å²) < 4.78 is 6.05. The summed E-state index contributed by atoms with van der Waals surface area (Å²) in [5.74, 6) is -1.58. The van der Waals surface area contributed by atoms with E-state index >= 15 is 0 Å². The van der Waals surface area contributed by atoms with Gasteiger partial charge in [-0.1, -0.05) is 30.7 Å². The second kappa shape index (κ2) is 20.9. The van der Waals surface area contributed by atoms with Gasteiger partial charge in [0.05, 0.1) is 5.69 Å². The molecule has 368 valence electrons. The first kappa shape index (κ1) is 48.0. The van der Waals surface area contributed by atoms with Gasteiger partial charge in [0.2, 0.25) is 11.8 Å². The summed E-state index contributed by atoms with van der Waals surface area (Å²) in [5, 5.41) is 10.7. The predicted octanol–water partition coefficient (Wildman–Crippen LogP) is 4.83. The number of carbonyl (C=O) groups is 8. The van der Waals surface area contributed by atoms with Gasteiger partial charge in [-0.25, -0.2) is 9.59 Å². The number of anilines is 3. The number of aromatic nitrogens is 1. The summed E-state index contributed by atoms with van der Waals surface area (Å²) in [5.41, 5.74) is 10.6. The first-order chi connectivity index (χ1) is 34.3. The number of carbonyl (C=O) groups excluding carboxylic acids is 8. The second-order valence-corrected chi connectivity index (χ2v) is 18.3. The lowest BCUT2D eigenvalue weighted by molar-refractivity contribution is -0.137. The second-order valence-electron chi connectivity index (χ2n) is 18.3. The van der Waals surface area contributed by atoms with Crippen molar-refractivity contribution in [1.29, 1.82) is 0 Å². The average molecular weight is 965 g/mol. The number of hydrogen-bond donors (Lipinski definition) is 5. The quantitative estimate of drug-likeness (QED) is 0.0667. The summed E-state index contributed by atoms with van der Waals surface area (Å²) in [4.78, 5) is 115. The summed E-state index contributed by atoms with van der Waals surface area (Å²) >= 11 is 0. The van der Waals surface area contributed by atoms with Crippen LogP contribution in [0.4, 0.5) is 26.7 Å². The molecule has 1 saturated heterocycles. The van der Waals surface area contributed by atoms with E-state index in [-0.39, 0.29) is 55.5 Å². The van der Waals surface area contributed by atoms with Gasteiger partial charge in [-0.3, -0.25) is 33.7 Å². The number of fused-ring (bicyclic) bond motifs is 6. The smallest absolute Gasteiger partial charge is 0.409 e. The van der Waals surface area contributed by atoms with Crippen LogP contribution in [0, 0.1) is 0 Å². The molecule has 1 atom stereocenters. The van der Waals surface area contributed by atoms with Crippen LogP contribution in [0.3, 0.4) is 0 Å². The van der Waals surface area contributed by atoms with Gasteiger partial charge in [0.25, 0.3) is 23.6 Å².